The smallest absolute Gasteiger partial charge is 0.147 e. The van der Waals surface area contributed by atoms with Crippen LogP contribution in [0.4, 0.5) is 3.09 Å². The fourth-order valence-corrected chi connectivity index (χ4v) is 1.97. The molecule has 2 aromatic rings. The summed E-state index contributed by atoms with van der Waals surface area (Å²) in [6, 6.07) is 15.8. The van der Waals surface area contributed by atoms with E-state index >= 15 is 0 Å². The minimum absolute atomic E-state index is 0. The molecule has 18 heavy (non-hydrogen) atoms. The Morgan fingerprint density at radius 1 is 0.944 bits per heavy atom. The molecule has 0 atom stereocenters. The van der Waals surface area contributed by atoms with Crippen molar-refractivity contribution in [1.82, 2.24) is 0 Å². The quantitative estimate of drug-likeness (QED) is 0.740. The van der Waals surface area contributed by atoms with Gasteiger partial charge in [-0.15, -0.1) is 24.8 Å². The molecule has 2 rings (SSSR count). The molecule has 0 fully saturated rings. The maximum absolute atomic E-state index is 12.2. The number of benzene rings is 2. The number of aryl methyl sites for hydroxylation is 1. The first-order chi connectivity index (χ1) is 7.79. The van der Waals surface area contributed by atoms with Crippen molar-refractivity contribution in [3.63, 3.8) is 0 Å². The number of hydrogen-bond acceptors (Lipinski definition) is 1. The van der Waals surface area contributed by atoms with Crippen LogP contribution in [0.2, 0.25) is 0 Å². The summed E-state index contributed by atoms with van der Waals surface area (Å²) in [5.74, 6) is 0.626. The van der Waals surface area contributed by atoms with Crippen LogP contribution in [0.1, 0.15) is 5.56 Å². The maximum Gasteiger partial charge on any atom is -0.147 e. The van der Waals surface area contributed by atoms with Gasteiger partial charge < -0.3 is 0 Å². The molecule has 5 heteroatoms. The van der Waals surface area contributed by atoms with Gasteiger partial charge in [-0.25, -0.2) is 0 Å². The molecule has 0 amide bonds. The van der Waals surface area contributed by atoms with Gasteiger partial charge >= 0.3 is 104 Å². The summed E-state index contributed by atoms with van der Waals surface area (Å²) >= 11 is -1.79. The van der Waals surface area contributed by atoms with E-state index in [4.69, 9.17) is 3.32 Å². The minimum atomic E-state index is -1.79. The van der Waals surface area contributed by atoms with Crippen LogP contribution >= 0.6 is 24.8 Å². The van der Waals surface area contributed by atoms with Crippen LogP contribution in [0.15, 0.2) is 48.5 Å². The molecule has 0 saturated carbocycles. The van der Waals surface area contributed by atoms with E-state index in [2.05, 4.69) is 6.07 Å². The molecule has 0 aromatic heterocycles. The van der Waals surface area contributed by atoms with Crippen LogP contribution in [0.5, 0.6) is 5.75 Å². The van der Waals surface area contributed by atoms with Gasteiger partial charge in [0.25, 0.3) is 0 Å². The average Bonchev–Trinajstić information content (AvgIpc) is 2.30. The van der Waals surface area contributed by atoms with Crippen molar-refractivity contribution in [3.8, 4) is 16.9 Å². The van der Waals surface area contributed by atoms with E-state index < -0.39 is 20.1 Å². The zero-order valence-corrected chi connectivity index (χ0v) is 12.9. The Hall–Kier alpha value is -0.536. The Balaban J connectivity index is 0.00000144. The van der Waals surface area contributed by atoms with Crippen molar-refractivity contribution in [1.29, 1.82) is 0 Å². The molecule has 0 bridgehead atoms. The van der Waals surface area contributed by atoms with Crippen molar-refractivity contribution in [2.75, 3.05) is 0 Å². The molecule has 0 saturated heterocycles. The van der Waals surface area contributed by atoms with Gasteiger partial charge in [0.2, 0.25) is 0 Å². The Kier molecular flexibility index (Phi) is 8.29. The fourth-order valence-electron chi connectivity index (χ4n) is 1.65. The van der Waals surface area contributed by atoms with Crippen LogP contribution in [0, 0.1) is 6.92 Å². The van der Waals surface area contributed by atoms with Gasteiger partial charge in [-0.05, 0) is 0 Å². The first-order valence-corrected chi connectivity index (χ1v) is 6.22. The van der Waals surface area contributed by atoms with Crippen LogP contribution in [0.25, 0.3) is 11.1 Å². The summed E-state index contributed by atoms with van der Waals surface area (Å²) < 4.78 is 17.3. The normalized spacial score (nSPS) is 8.78. The second-order valence-corrected chi connectivity index (χ2v) is 4.14. The number of halogens is 3. The van der Waals surface area contributed by atoms with Gasteiger partial charge in [-0.2, -0.15) is 0 Å². The molecule has 0 aliphatic carbocycles. The molecule has 96 valence electrons. The molecule has 0 radical (unpaired) electrons. The topological polar surface area (TPSA) is 9.23 Å². The second-order valence-electron chi connectivity index (χ2n) is 3.58. The van der Waals surface area contributed by atoms with Gasteiger partial charge in [0, 0.05) is 0 Å². The first-order valence-electron chi connectivity index (χ1n) is 4.99. The summed E-state index contributed by atoms with van der Waals surface area (Å²) in [6.07, 6.45) is 0. The van der Waals surface area contributed by atoms with E-state index in [1.54, 1.807) is 0 Å². The van der Waals surface area contributed by atoms with Crippen molar-refractivity contribution < 1.29 is 26.5 Å². The van der Waals surface area contributed by atoms with E-state index in [0.29, 0.717) is 5.75 Å². The first kappa shape index (κ1) is 17.5. The summed E-state index contributed by atoms with van der Waals surface area (Å²) in [7, 11) is 0. The van der Waals surface area contributed by atoms with Crippen LogP contribution in [-0.4, -0.2) is 0 Å². The van der Waals surface area contributed by atoms with Crippen LogP contribution in [-0.2, 0) is 20.1 Å². The Morgan fingerprint density at radius 3 is 2.22 bits per heavy atom. The predicted octanol–water partition coefficient (Wildman–Crippen LogP) is 4.77. The molecule has 0 N–H and O–H groups in total. The van der Waals surface area contributed by atoms with E-state index in [1.165, 1.54) is 0 Å². The average molecular weight is 323 g/mol. The standard InChI is InChI=1S/C13H12O.2ClH.FH.Ti/c1-10-7-12(9-13(14)8-10)11-5-3-2-4-6-11;;;;/h2-9,14H,1H3;3*1H;/q;;;;+2/p-2. The SMILES string of the molecule is Cc1cc([O][Ti][F])cc(-c2ccccc2)c1.Cl.Cl. The summed E-state index contributed by atoms with van der Waals surface area (Å²) in [5.41, 5.74) is 3.27. The Bertz CT molecular complexity index is 480. The van der Waals surface area contributed by atoms with E-state index in [0.717, 1.165) is 16.7 Å². The van der Waals surface area contributed by atoms with Gasteiger partial charge in [-0.3, -0.25) is 0 Å². The van der Waals surface area contributed by atoms with E-state index in [9.17, 15) is 3.09 Å². The molecular weight excluding hydrogens is 310 g/mol. The Labute approximate surface area is 129 Å². The van der Waals surface area contributed by atoms with Crippen molar-refractivity contribution in [2.45, 2.75) is 6.92 Å². The molecule has 0 heterocycles. The van der Waals surface area contributed by atoms with Gasteiger partial charge in [-0.1, -0.05) is 0 Å². The van der Waals surface area contributed by atoms with Gasteiger partial charge in [0.1, 0.15) is 0 Å². The third-order valence-corrected chi connectivity index (χ3v) is 2.80. The molecule has 0 unspecified atom stereocenters. The van der Waals surface area contributed by atoms with E-state index in [1.807, 2.05) is 49.4 Å². The fraction of sp³-hybridized carbons (Fsp3) is 0.0769. The second kappa shape index (κ2) is 8.55. The summed E-state index contributed by atoms with van der Waals surface area (Å²) in [4.78, 5) is 0. The molecule has 0 aliphatic heterocycles. The number of hydrogen-bond donors (Lipinski definition) is 0. The van der Waals surface area contributed by atoms with Crippen molar-refractivity contribution >= 4 is 24.8 Å². The molecule has 0 spiro atoms. The third kappa shape index (κ3) is 4.62. The zero-order valence-electron chi connectivity index (χ0n) is 9.72. The maximum atomic E-state index is 12.2. The molecule has 2 aromatic carbocycles. The van der Waals surface area contributed by atoms with Crippen LogP contribution in [0.3, 0.4) is 0 Å². The number of rotatable bonds is 3. The molecular formula is C13H13Cl2FOTi. The van der Waals surface area contributed by atoms with Crippen molar-refractivity contribution in [2.24, 2.45) is 0 Å². The monoisotopic (exact) mass is 322 g/mol. The minimum Gasteiger partial charge on any atom is -0.147 e. The van der Waals surface area contributed by atoms with Gasteiger partial charge in [0.05, 0.1) is 0 Å². The summed E-state index contributed by atoms with van der Waals surface area (Å²) in [6.45, 7) is 1.98. The Morgan fingerprint density at radius 2 is 1.61 bits per heavy atom. The largest absolute Gasteiger partial charge is 0.147 e. The van der Waals surface area contributed by atoms with Crippen LogP contribution < -0.4 is 3.32 Å². The predicted molar refractivity (Wildman–Crippen MR) is 72.8 cm³/mol. The van der Waals surface area contributed by atoms with Crippen molar-refractivity contribution in [3.05, 3.63) is 54.1 Å². The molecule has 0 aliphatic rings. The zero-order chi connectivity index (χ0) is 11.4. The summed E-state index contributed by atoms with van der Waals surface area (Å²) in [5, 5.41) is 0. The van der Waals surface area contributed by atoms with Gasteiger partial charge in [0.15, 0.2) is 0 Å². The molecule has 1 nitrogen and oxygen atoms in total. The third-order valence-electron chi connectivity index (χ3n) is 2.31. The van der Waals surface area contributed by atoms with E-state index in [-0.39, 0.29) is 24.8 Å².